The van der Waals surface area contributed by atoms with Gasteiger partial charge < -0.3 is 25.3 Å². The zero-order valence-electron chi connectivity index (χ0n) is 8.14. The summed E-state index contributed by atoms with van der Waals surface area (Å²) in [5, 5.41) is 0. The molecule has 0 fully saturated rings. The van der Waals surface area contributed by atoms with Crippen LogP contribution in [0.2, 0.25) is 0 Å². The minimum absolute atomic E-state index is 0.833. The van der Waals surface area contributed by atoms with Gasteiger partial charge in [0.2, 0.25) is 0 Å². The Kier molecular flexibility index (Phi) is 3.19. The SMILES string of the molecule is [S-]c1ccccc1Cc1ccccc1[S-]. The van der Waals surface area contributed by atoms with Gasteiger partial charge in [0.05, 0.1) is 0 Å². The molecule has 76 valence electrons. The Labute approximate surface area is 101 Å². The molecule has 0 saturated carbocycles. The zero-order chi connectivity index (χ0) is 10.7. The molecule has 15 heavy (non-hydrogen) atoms. The van der Waals surface area contributed by atoms with E-state index in [0.717, 1.165) is 16.2 Å². The third-order valence-electron chi connectivity index (χ3n) is 2.33. The van der Waals surface area contributed by atoms with E-state index in [9.17, 15) is 0 Å². The van der Waals surface area contributed by atoms with Gasteiger partial charge in [-0.05, 0) is 6.42 Å². The smallest absolute Gasteiger partial charge is 0.00554 e. The van der Waals surface area contributed by atoms with Crippen molar-refractivity contribution in [3.8, 4) is 0 Å². The highest BCUT2D eigenvalue weighted by atomic mass is 32.1. The monoisotopic (exact) mass is 230 g/mol. The predicted octanol–water partition coefficient (Wildman–Crippen LogP) is 3.09. The molecular formula is C13H10S2-2. The number of hydrogen-bond donors (Lipinski definition) is 0. The van der Waals surface area contributed by atoms with Crippen LogP contribution in [0.15, 0.2) is 58.3 Å². The van der Waals surface area contributed by atoms with Gasteiger partial charge in [0.25, 0.3) is 0 Å². The van der Waals surface area contributed by atoms with E-state index in [1.165, 1.54) is 11.1 Å². The summed E-state index contributed by atoms with van der Waals surface area (Å²) in [4.78, 5) is 1.83. The fourth-order valence-electron chi connectivity index (χ4n) is 1.50. The van der Waals surface area contributed by atoms with Crippen LogP contribution in [0.3, 0.4) is 0 Å². The molecule has 0 atom stereocenters. The molecule has 2 heteroatoms. The topological polar surface area (TPSA) is 0 Å². The van der Waals surface area contributed by atoms with Crippen molar-refractivity contribution in [2.45, 2.75) is 16.2 Å². The van der Waals surface area contributed by atoms with Crippen molar-refractivity contribution in [1.29, 1.82) is 0 Å². The molecule has 0 nitrogen and oxygen atoms in total. The normalized spacial score (nSPS) is 10.1. The van der Waals surface area contributed by atoms with Gasteiger partial charge in [-0.25, -0.2) is 0 Å². The second-order valence-electron chi connectivity index (χ2n) is 3.39. The Bertz CT molecular complexity index is 420. The fraction of sp³-hybridized carbons (Fsp3) is 0.0769. The number of rotatable bonds is 2. The maximum absolute atomic E-state index is 5.26. The van der Waals surface area contributed by atoms with Gasteiger partial charge in [-0.15, -0.1) is 0 Å². The van der Waals surface area contributed by atoms with Crippen LogP contribution >= 0.6 is 0 Å². The van der Waals surface area contributed by atoms with Crippen LogP contribution in [0.1, 0.15) is 11.1 Å². The molecule has 2 aromatic rings. The predicted molar refractivity (Wildman–Crippen MR) is 67.0 cm³/mol. The molecule has 2 aromatic carbocycles. The van der Waals surface area contributed by atoms with E-state index in [2.05, 4.69) is 12.1 Å². The first-order chi connectivity index (χ1) is 7.27. The van der Waals surface area contributed by atoms with Gasteiger partial charge in [-0.3, -0.25) is 0 Å². The molecule has 0 aromatic heterocycles. The first-order valence-electron chi connectivity index (χ1n) is 4.77. The maximum Gasteiger partial charge on any atom is -0.00554 e. The third kappa shape index (κ3) is 2.46. The standard InChI is InChI=1S/C13H12S2/c14-12-7-3-1-5-10(12)9-11-6-2-4-8-13(11)15/h1-8,14-15H,9H2/p-2. The lowest BCUT2D eigenvalue weighted by Crippen LogP contribution is -1.93. The summed E-state index contributed by atoms with van der Waals surface area (Å²) < 4.78 is 0. The van der Waals surface area contributed by atoms with Gasteiger partial charge in [0, 0.05) is 0 Å². The van der Waals surface area contributed by atoms with Crippen molar-refractivity contribution in [2.75, 3.05) is 0 Å². The molecular weight excluding hydrogens is 220 g/mol. The highest BCUT2D eigenvalue weighted by Gasteiger charge is 1.95. The second kappa shape index (κ2) is 4.60. The van der Waals surface area contributed by atoms with E-state index in [4.69, 9.17) is 25.3 Å². The summed E-state index contributed by atoms with van der Waals surface area (Å²) in [5.41, 5.74) is 2.34. The average Bonchev–Trinajstić information content (AvgIpc) is 2.24. The van der Waals surface area contributed by atoms with Gasteiger partial charge in [-0.2, -0.15) is 9.79 Å². The lowest BCUT2D eigenvalue weighted by molar-refractivity contribution is 1.09. The third-order valence-corrected chi connectivity index (χ3v) is 3.12. The van der Waals surface area contributed by atoms with Gasteiger partial charge in [0.1, 0.15) is 0 Å². The first-order valence-corrected chi connectivity index (χ1v) is 5.59. The van der Waals surface area contributed by atoms with Gasteiger partial charge >= 0.3 is 0 Å². The van der Waals surface area contributed by atoms with E-state index in [-0.39, 0.29) is 0 Å². The molecule has 0 aliphatic heterocycles. The Morgan fingerprint density at radius 1 is 0.667 bits per heavy atom. The van der Waals surface area contributed by atoms with E-state index < -0.39 is 0 Å². The fourth-order valence-corrected chi connectivity index (χ4v) is 1.94. The van der Waals surface area contributed by atoms with Gasteiger partial charge in [-0.1, -0.05) is 59.7 Å². The molecule has 0 heterocycles. The average molecular weight is 230 g/mol. The largest absolute Gasteiger partial charge is 0.779 e. The summed E-state index contributed by atoms with van der Waals surface area (Å²) in [7, 11) is 0. The van der Waals surface area contributed by atoms with E-state index in [1.54, 1.807) is 0 Å². The number of hydrogen-bond acceptors (Lipinski definition) is 2. The summed E-state index contributed by atoms with van der Waals surface area (Å²) >= 11 is 10.5. The minimum atomic E-state index is 0.833. The lowest BCUT2D eigenvalue weighted by Gasteiger charge is -2.17. The molecule has 0 radical (unpaired) electrons. The van der Waals surface area contributed by atoms with Crippen LogP contribution in [-0.4, -0.2) is 0 Å². The quantitative estimate of drug-likeness (QED) is 0.727. The van der Waals surface area contributed by atoms with Crippen molar-refractivity contribution in [1.82, 2.24) is 0 Å². The molecule has 0 unspecified atom stereocenters. The summed E-state index contributed by atoms with van der Waals surface area (Å²) in [5.74, 6) is 0. The summed E-state index contributed by atoms with van der Waals surface area (Å²) in [6, 6.07) is 16.0. The van der Waals surface area contributed by atoms with Crippen LogP contribution in [0.5, 0.6) is 0 Å². The van der Waals surface area contributed by atoms with Crippen molar-refractivity contribution in [3.63, 3.8) is 0 Å². The van der Waals surface area contributed by atoms with Crippen molar-refractivity contribution >= 4 is 25.3 Å². The Hall–Kier alpha value is -1.12. The Balaban J connectivity index is 2.30. The summed E-state index contributed by atoms with van der Waals surface area (Å²) in [6.07, 6.45) is 0.833. The highest BCUT2D eigenvalue weighted by molar-refractivity contribution is 7.59. The van der Waals surface area contributed by atoms with Crippen LogP contribution < -0.4 is 0 Å². The minimum Gasteiger partial charge on any atom is -0.779 e. The van der Waals surface area contributed by atoms with Crippen molar-refractivity contribution in [3.05, 3.63) is 59.7 Å². The van der Waals surface area contributed by atoms with E-state index >= 15 is 0 Å². The van der Waals surface area contributed by atoms with E-state index in [1.807, 2.05) is 36.4 Å². The van der Waals surface area contributed by atoms with E-state index in [0.29, 0.717) is 0 Å². The van der Waals surface area contributed by atoms with Crippen molar-refractivity contribution in [2.24, 2.45) is 0 Å². The maximum atomic E-state index is 5.26. The first kappa shape index (κ1) is 10.4. The molecule has 0 aliphatic carbocycles. The molecule has 0 amide bonds. The second-order valence-corrected chi connectivity index (χ2v) is 4.27. The van der Waals surface area contributed by atoms with Crippen LogP contribution in [0.25, 0.3) is 0 Å². The molecule has 0 bridgehead atoms. The van der Waals surface area contributed by atoms with Crippen LogP contribution in [-0.2, 0) is 31.7 Å². The number of benzene rings is 2. The lowest BCUT2D eigenvalue weighted by atomic mass is 10.1. The molecule has 0 N–H and O–H groups in total. The van der Waals surface area contributed by atoms with Gasteiger partial charge in [0.15, 0.2) is 0 Å². The zero-order valence-corrected chi connectivity index (χ0v) is 9.78. The van der Waals surface area contributed by atoms with Crippen molar-refractivity contribution < 1.29 is 0 Å². The molecule has 0 aliphatic rings. The van der Waals surface area contributed by atoms with Crippen LogP contribution in [0, 0.1) is 0 Å². The summed E-state index contributed by atoms with van der Waals surface area (Å²) in [6.45, 7) is 0. The Morgan fingerprint density at radius 2 is 1.07 bits per heavy atom. The van der Waals surface area contributed by atoms with Crippen LogP contribution in [0.4, 0.5) is 0 Å². The Morgan fingerprint density at radius 3 is 1.47 bits per heavy atom. The highest BCUT2D eigenvalue weighted by Crippen LogP contribution is 2.16. The molecule has 2 rings (SSSR count). The molecule has 0 spiro atoms. The molecule has 0 saturated heterocycles.